The predicted octanol–water partition coefficient (Wildman–Crippen LogP) is -1.94. The molecule has 18 heavy (non-hydrogen) atoms. The molecule has 0 aromatic rings. The maximum absolute atomic E-state index is 9.75. The highest BCUT2D eigenvalue weighted by atomic mass is 17.1. The predicted molar refractivity (Wildman–Crippen MR) is 60.0 cm³/mol. The molecule has 8 heteroatoms. The summed E-state index contributed by atoms with van der Waals surface area (Å²) in [6.07, 6.45) is -2.05. The number of hydrogen-bond acceptors (Lipinski definition) is 7. The molecule has 0 aliphatic heterocycles. The van der Waals surface area contributed by atoms with Crippen molar-refractivity contribution >= 4 is 5.97 Å². The molecule has 0 aliphatic carbocycles. The van der Waals surface area contributed by atoms with Crippen LogP contribution in [0.4, 0.5) is 0 Å². The molecule has 0 rings (SSSR count). The van der Waals surface area contributed by atoms with Crippen LogP contribution in [0, 0.1) is 0 Å². The van der Waals surface area contributed by atoms with Gasteiger partial charge in [-0.2, -0.15) is 0 Å². The molecule has 1 unspecified atom stereocenters. The van der Waals surface area contributed by atoms with Gasteiger partial charge in [0.2, 0.25) is 5.76 Å². The van der Waals surface area contributed by atoms with Crippen molar-refractivity contribution in [2.45, 2.75) is 13.0 Å². The Morgan fingerprint density at radius 2 is 2.00 bits per heavy atom. The van der Waals surface area contributed by atoms with Crippen molar-refractivity contribution in [3.63, 3.8) is 0 Å². The Bertz CT molecular complexity index is 265. The molecule has 0 radical (unpaired) electrons. The zero-order valence-corrected chi connectivity index (χ0v) is 10.7. The minimum atomic E-state index is -2.16. The van der Waals surface area contributed by atoms with E-state index in [1.807, 2.05) is 0 Å². The van der Waals surface area contributed by atoms with Gasteiger partial charge in [-0.25, -0.2) is 5.26 Å². The highest BCUT2D eigenvalue weighted by molar-refractivity contribution is 5.72. The Hall–Kier alpha value is -1.35. The van der Waals surface area contributed by atoms with Crippen molar-refractivity contribution in [1.29, 1.82) is 0 Å². The van der Waals surface area contributed by atoms with Gasteiger partial charge in [0, 0.05) is 0 Å². The zero-order chi connectivity index (χ0) is 14.8. The minimum Gasteiger partial charge on any atom is -0.547 e. The number of rotatable bonds is 6. The molecule has 0 fully saturated rings. The monoisotopic (exact) mass is 267 g/mol. The third kappa shape index (κ3) is 8.76. The topological polar surface area (TPSA) is 130 Å². The molecule has 0 saturated heterocycles. The molecule has 1 atom stereocenters. The number of aliphatic hydroxyl groups excluding tert-OH is 3. The SMILES string of the molecule is CC[N+](C)(C)CCO.O=C([O-])C(O)/C(=C/O)OO. The number of carbonyl (C=O) groups is 1. The van der Waals surface area contributed by atoms with Crippen LogP contribution >= 0.6 is 0 Å². The Kier molecular flexibility index (Phi) is 10.2. The average Bonchev–Trinajstić information content (AvgIpc) is 2.31. The third-order valence-corrected chi connectivity index (χ3v) is 2.29. The highest BCUT2D eigenvalue weighted by Crippen LogP contribution is 1.99. The van der Waals surface area contributed by atoms with E-state index in [4.69, 9.17) is 20.6 Å². The molecular formula is C10H21NO7. The van der Waals surface area contributed by atoms with Gasteiger partial charge >= 0.3 is 0 Å². The molecule has 0 aromatic heterocycles. The smallest absolute Gasteiger partial charge is 0.210 e. The van der Waals surface area contributed by atoms with Crippen molar-refractivity contribution in [1.82, 2.24) is 0 Å². The molecule has 0 aliphatic rings. The van der Waals surface area contributed by atoms with E-state index >= 15 is 0 Å². The lowest BCUT2D eigenvalue weighted by atomic mass is 10.3. The molecule has 0 heterocycles. The van der Waals surface area contributed by atoms with Crippen LogP contribution in [-0.4, -0.2) is 70.9 Å². The summed E-state index contributed by atoms with van der Waals surface area (Å²) >= 11 is 0. The first kappa shape index (κ1) is 19.0. The third-order valence-electron chi connectivity index (χ3n) is 2.29. The Labute approximate surface area is 105 Å². The van der Waals surface area contributed by atoms with Gasteiger partial charge in [0.15, 0.2) is 6.10 Å². The van der Waals surface area contributed by atoms with Crippen molar-refractivity contribution in [2.75, 3.05) is 33.8 Å². The van der Waals surface area contributed by atoms with Gasteiger partial charge in [-0.1, -0.05) is 0 Å². The maximum Gasteiger partial charge on any atom is 0.210 e. The first-order valence-electron chi connectivity index (χ1n) is 5.23. The molecule has 0 bridgehead atoms. The normalized spacial score (nSPS) is 13.3. The molecule has 0 aromatic carbocycles. The van der Waals surface area contributed by atoms with Crippen LogP contribution in [0.2, 0.25) is 0 Å². The zero-order valence-electron chi connectivity index (χ0n) is 10.7. The highest BCUT2D eigenvalue weighted by Gasteiger charge is 2.13. The Morgan fingerprint density at radius 1 is 1.50 bits per heavy atom. The summed E-state index contributed by atoms with van der Waals surface area (Å²) in [7, 11) is 4.21. The van der Waals surface area contributed by atoms with Gasteiger partial charge in [-0.05, 0) is 6.92 Å². The second kappa shape index (κ2) is 9.66. The summed E-state index contributed by atoms with van der Waals surface area (Å²) in [6, 6.07) is 0. The first-order chi connectivity index (χ1) is 8.25. The minimum absolute atomic E-state index is 0.112. The number of carboxylic acid groups (broad SMARTS) is 1. The maximum atomic E-state index is 9.75. The Balaban J connectivity index is 0. The number of hydrogen-bond donors (Lipinski definition) is 4. The summed E-state index contributed by atoms with van der Waals surface area (Å²) < 4.78 is 0.913. The average molecular weight is 267 g/mol. The van der Waals surface area contributed by atoms with Crippen LogP contribution in [0.15, 0.2) is 12.0 Å². The van der Waals surface area contributed by atoms with Crippen molar-refractivity contribution in [3.8, 4) is 0 Å². The van der Waals surface area contributed by atoms with Crippen LogP contribution in [0.5, 0.6) is 0 Å². The van der Waals surface area contributed by atoms with Gasteiger partial charge in [0.05, 0.1) is 33.2 Å². The lowest BCUT2D eigenvalue weighted by Crippen LogP contribution is -2.41. The van der Waals surface area contributed by atoms with Crippen molar-refractivity contribution in [3.05, 3.63) is 12.0 Å². The molecule has 0 saturated carbocycles. The fraction of sp³-hybridized carbons (Fsp3) is 0.700. The van der Waals surface area contributed by atoms with E-state index in [1.54, 1.807) is 0 Å². The van der Waals surface area contributed by atoms with E-state index in [1.165, 1.54) is 0 Å². The fourth-order valence-electron chi connectivity index (χ4n) is 0.689. The lowest BCUT2D eigenvalue weighted by molar-refractivity contribution is -0.888. The van der Waals surface area contributed by atoms with Gasteiger partial charge in [0.1, 0.15) is 12.8 Å². The van der Waals surface area contributed by atoms with E-state index in [2.05, 4.69) is 25.9 Å². The van der Waals surface area contributed by atoms with Crippen LogP contribution in [0.25, 0.3) is 0 Å². The second-order valence-electron chi connectivity index (χ2n) is 4.04. The molecular weight excluding hydrogens is 246 g/mol. The van der Waals surface area contributed by atoms with Crippen molar-refractivity contribution < 1.29 is 39.8 Å². The van der Waals surface area contributed by atoms with Gasteiger partial charge in [-0.15, -0.1) is 0 Å². The largest absolute Gasteiger partial charge is 0.547 e. The number of aliphatic hydroxyl groups is 3. The summed E-state index contributed by atoms with van der Waals surface area (Å²) in [6.45, 7) is 4.35. The summed E-state index contributed by atoms with van der Waals surface area (Å²) in [5.74, 6) is -2.78. The van der Waals surface area contributed by atoms with Gasteiger partial charge < -0.3 is 34.6 Å². The van der Waals surface area contributed by atoms with Crippen molar-refractivity contribution in [2.24, 2.45) is 0 Å². The number of aliphatic carboxylic acids is 1. The molecule has 8 nitrogen and oxygen atoms in total. The molecule has 0 amide bonds. The van der Waals surface area contributed by atoms with E-state index in [-0.39, 0.29) is 6.26 Å². The van der Waals surface area contributed by atoms with Gasteiger partial charge in [0.25, 0.3) is 0 Å². The number of nitrogens with zero attached hydrogens (tertiary/aromatic N) is 1. The van der Waals surface area contributed by atoms with Crippen LogP contribution < -0.4 is 5.11 Å². The summed E-state index contributed by atoms with van der Waals surface area (Å²) in [5.41, 5.74) is 0. The second-order valence-corrected chi connectivity index (χ2v) is 4.04. The Morgan fingerprint density at radius 3 is 2.11 bits per heavy atom. The summed E-state index contributed by atoms with van der Waals surface area (Å²) in [5, 5.41) is 42.5. The number of carboxylic acids is 1. The van der Waals surface area contributed by atoms with Crippen LogP contribution in [-0.2, 0) is 9.68 Å². The lowest BCUT2D eigenvalue weighted by Gasteiger charge is -2.26. The van der Waals surface area contributed by atoms with Crippen LogP contribution in [0.3, 0.4) is 0 Å². The molecule has 108 valence electrons. The van der Waals surface area contributed by atoms with E-state index in [0.717, 1.165) is 17.6 Å². The van der Waals surface area contributed by atoms with E-state index < -0.39 is 17.8 Å². The van der Waals surface area contributed by atoms with Gasteiger partial charge in [-0.3, -0.25) is 0 Å². The number of quaternary nitrogens is 1. The molecule has 4 N–H and O–H groups in total. The quantitative estimate of drug-likeness (QED) is 0.191. The number of likely N-dealkylation sites (N-methyl/N-ethyl adjacent to an activating group) is 1. The first-order valence-corrected chi connectivity index (χ1v) is 5.23. The standard InChI is InChI=1S/C6H16NO.C4H6O6/c1-4-7(2,3)5-6-8;5-1-2(10-9)3(6)4(7)8/h8H,4-6H2,1-3H3;1,3,5-6,9H,(H,7,8)/q+1;/p-1/b;2-1-. The van der Waals surface area contributed by atoms with Crippen LogP contribution in [0.1, 0.15) is 6.92 Å². The van der Waals surface area contributed by atoms with E-state index in [0.29, 0.717) is 6.61 Å². The summed E-state index contributed by atoms with van der Waals surface area (Å²) in [4.78, 5) is 13.0. The fourth-order valence-corrected chi connectivity index (χ4v) is 0.689. The van der Waals surface area contributed by atoms with E-state index in [9.17, 15) is 9.90 Å². The number of carbonyl (C=O) groups excluding carboxylic acids is 1. The molecule has 0 spiro atoms.